The molecule has 7 heteroatoms. The number of thiazole rings is 1. The van der Waals surface area contributed by atoms with E-state index in [1.165, 1.54) is 23.5 Å². The zero-order valence-electron chi connectivity index (χ0n) is 13.8. The van der Waals surface area contributed by atoms with Crippen LogP contribution < -0.4 is 5.32 Å². The number of nitro groups is 1. The Morgan fingerprint density at radius 3 is 2.77 bits per heavy atom. The van der Waals surface area contributed by atoms with Gasteiger partial charge >= 0.3 is 0 Å². The predicted molar refractivity (Wildman–Crippen MR) is 103 cm³/mol. The van der Waals surface area contributed by atoms with E-state index in [4.69, 9.17) is 0 Å². The third-order valence-electron chi connectivity index (χ3n) is 3.64. The van der Waals surface area contributed by atoms with E-state index in [1.54, 1.807) is 23.7 Å². The lowest BCUT2D eigenvalue weighted by Crippen LogP contribution is -1.91. The Hall–Kier alpha value is -3.50. The van der Waals surface area contributed by atoms with Crippen molar-refractivity contribution in [2.75, 3.05) is 5.32 Å². The summed E-state index contributed by atoms with van der Waals surface area (Å²) in [6.45, 7) is 2.01. The molecule has 0 radical (unpaired) electrons. The van der Waals surface area contributed by atoms with Crippen molar-refractivity contribution >= 4 is 28.3 Å². The van der Waals surface area contributed by atoms with Crippen LogP contribution in [0.2, 0.25) is 0 Å². The van der Waals surface area contributed by atoms with Crippen molar-refractivity contribution in [3.63, 3.8) is 0 Å². The molecule has 0 aliphatic rings. The van der Waals surface area contributed by atoms with Crippen LogP contribution in [0.5, 0.6) is 0 Å². The summed E-state index contributed by atoms with van der Waals surface area (Å²) < 4.78 is 0. The second kappa shape index (κ2) is 7.59. The number of nitriles is 1. The van der Waals surface area contributed by atoms with Gasteiger partial charge in [-0.15, -0.1) is 11.3 Å². The molecule has 3 aromatic rings. The highest BCUT2D eigenvalue weighted by atomic mass is 32.1. The average Bonchev–Trinajstić information content (AvgIpc) is 3.14. The molecule has 1 heterocycles. The lowest BCUT2D eigenvalue weighted by atomic mass is 10.1. The molecule has 1 N–H and O–H groups in total. The SMILES string of the molecule is Cc1ccc(N/C=C(\C#N)c2nc(-c3cccc([N+](=O)[O-])c3)cs2)cc1. The molecule has 0 spiro atoms. The summed E-state index contributed by atoms with van der Waals surface area (Å²) in [6, 6.07) is 16.2. The largest absolute Gasteiger partial charge is 0.360 e. The van der Waals surface area contributed by atoms with E-state index in [0.717, 1.165) is 11.3 Å². The number of rotatable bonds is 5. The van der Waals surface area contributed by atoms with Gasteiger partial charge < -0.3 is 5.32 Å². The molecule has 2 aromatic carbocycles. The lowest BCUT2D eigenvalue weighted by Gasteiger charge is -2.01. The maximum atomic E-state index is 10.9. The highest BCUT2D eigenvalue weighted by Gasteiger charge is 2.12. The maximum absolute atomic E-state index is 10.9. The number of nitro benzene ring substituents is 1. The fourth-order valence-corrected chi connectivity index (χ4v) is 3.05. The zero-order valence-corrected chi connectivity index (χ0v) is 14.7. The summed E-state index contributed by atoms with van der Waals surface area (Å²) >= 11 is 1.32. The average molecular weight is 362 g/mol. The number of hydrogen-bond acceptors (Lipinski definition) is 6. The van der Waals surface area contributed by atoms with Crippen LogP contribution in [0.1, 0.15) is 10.6 Å². The summed E-state index contributed by atoms with van der Waals surface area (Å²) in [4.78, 5) is 14.9. The number of anilines is 1. The van der Waals surface area contributed by atoms with Crippen molar-refractivity contribution in [3.05, 3.63) is 80.8 Å². The number of nitrogens with zero attached hydrogens (tertiary/aromatic N) is 3. The molecule has 0 fully saturated rings. The van der Waals surface area contributed by atoms with Gasteiger partial charge in [0.05, 0.1) is 10.6 Å². The Balaban J connectivity index is 1.84. The molecule has 6 nitrogen and oxygen atoms in total. The highest BCUT2D eigenvalue weighted by molar-refractivity contribution is 7.11. The second-order valence-corrected chi connectivity index (χ2v) is 6.38. The first kappa shape index (κ1) is 17.3. The summed E-state index contributed by atoms with van der Waals surface area (Å²) in [5.74, 6) is 0. The van der Waals surface area contributed by atoms with E-state index in [0.29, 0.717) is 21.8 Å². The van der Waals surface area contributed by atoms with Crippen molar-refractivity contribution in [2.24, 2.45) is 0 Å². The normalized spacial score (nSPS) is 11.0. The van der Waals surface area contributed by atoms with Crippen LogP contribution in [0.3, 0.4) is 0 Å². The van der Waals surface area contributed by atoms with Crippen molar-refractivity contribution < 1.29 is 4.92 Å². The summed E-state index contributed by atoms with van der Waals surface area (Å²) in [7, 11) is 0. The zero-order chi connectivity index (χ0) is 18.5. The molecule has 3 rings (SSSR count). The molecule has 0 saturated heterocycles. The molecular formula is C19H14N4O2S. The molecule has 0 aliphatic heterocycles. The summed E-state index contributed by atoms with van der Waals surface area (Å²) in [6.07, 6.45) is 1.61. The lowest BCUT2D eigenvalue weighted by molar-refractivity contribution is -0.384. The predicted octanol–water partition coefficient (Wildman–Crippen LogP) is 5.00. The Labute approximate surface area is 154 Å². The fraction of sp³-hybridized carbons (Fsp3) is 0.0526. The molecule has 0 aliphatic carbocycles. The van der Waals surface area contributed by atoms with E-state index < -0.39 is 4.92 Å². The minimum Gasteiger partial charge on any atom is -0.360 e. The van der Waals surface area contributed by atoms with Gasteiger partial charge in [0, 0.05) is 35.0 Å². The third kappa shape index (κ3) is 3.94. The quantitative estimate of drug-likeness (QED) is 0.391. The molecule has 0 bridgehead atoms. The standard InChI is InChI=1S/C19H14N4O2S/c1-13-5-7-16(8-6-13)21-11-15(10-20)19-22-18(12-26-19)14-3-2-4-17(9-14)23(24)25/h2-9,11-12,21H,1H3/b15-11+. The minimum atomic E-state index is -0.442. The number of hydrogen-bond donors (Lipinski definition) is 1. The van der Waals surface area contributed by atoms with Crippen LogP contribution in [0, 0.1) is 28.4 Å². The third-order valence-corrected chi connectivity index (χ3v) is 4.52. The van der Waals surface area contributed by atoms with E-state index >= 15 is 0 Å². The number of non-ortho nitro benzene ring substituents is 1. The molecular weight excluding hydrogens is 348 g/mol. The first-order valence-corrected chi connectivity index (χ1v) is 8.59. The van der Waals surface area contributed by atoms with E-state index in [-0.39, 0.29) is 5.69 Å². The van der Waals surface area contributed by atoms with Gasteiger partial charge in [0.1, 0.15) is 16.6 Å². The summed E-state index contributed by atoms with van der Waals surface area (Å²) in [5.41, 5.74) is 3.68. The molecule has 0 amide bonds. The van der Waals surface area contributed by atoms with Gasteiger partial charge in [0.2, 0.25) is 0 Å². The Kier molecular flexibility index (Phi) is 5.06. The van der Waals surface area contributed by atoms with Crippen molar-refractivity contribution in [1.29, 1.82) is 5.26 Å². The second-order valence-electron chi connectivity index (χ2n) is 5.53. The smallest absolute Gasteiger partial charge is 0.270 e. The molecule has 0 atom stereocenters. The van der Waals surface area contributed by atoms with Crippen LogP contribution in [-0.4, -0.2) is 9.91 Å². The number of aryl methyl sites for hydroxylation is 1. The fourth-order valence-electron chi connectivity index (χ4n) is 2.26. The number of aromatic nitrogens is 1. The molecule has 128 valence electrons. The van der Waals surface area contributed by atoms with Crippen LogP contribution in [0.25, 0.3) is 16.8 Å². The van der Waals surface area contributed by atoms with Crippen LogP contribution in [0.4, 0.5) is 11.4 Å². The molecule has 1 aromatic heterocycles. The van der Waals surface area contributed by atoms with Crippen molar-refractivity contribution in [1.82, 2.24) is 4.98 Å². The van der Waals surface area contributed by atoms with Gasteiger partial charge in [-0.1, -0.05) is 29.8 Å². The maximum Gasteiger partial charge on any atom is 0.270 e. The summed E-state index contributed by atoms with van der Waals surface area (Å²) in [5, 5.41) is 25.7. The van der Waals surface area contributed by atoms with E-state index in [2.05, 4.69) is 16.4 Å². The number of allylic oxidation sites excluding steroid dienone is 1. The van der Waals surface area contributed by atoms with Crippen LogP contribution in [0.15, 0.2) is 60.1 Å². The number of nitrogens with one attached hydrogen (secondary N) is 1. The first-order chi connectivity index (χ1) is 12.6. The Morgan fingerprint density at radius 2 is 2.08 bits per heavy atom. The van der Waals surface area contributed by atoms with Gasteiger partial charge in [0.15, 0.2) is 0 Å². The molecule has 0 unspecified atom stereocenters. The van der Waals surface area contributed by atoms with Gasteiger partial charge in [-0.05, 0) is 19.1 Å². The van der Waals surface area contributed by atoms with Crippen LogP contribution in [-0.2, 0) is 0 Å². The van der Waals surface area contributed by atoms with Gasteiger partial charge in [0.25, 0.3) is 5.69 Å². The Morgan fingerprint density at radius 1 is 1.31 bits per heavy atom. The number of benzene rings is 2. The minimum absolute atomic E-state index is 0.00846. The van der Waals surface area contributed by atoms with Crippen molar-refractivity contribution in [3.8, 4) is 17.3 Å². The van der Waals surface area contributed by atoms with Gasteiger partial charge in [-0.3, -0.25) is 10.1 Å². The Bertz CT molecular complexity index is 1020. The van der Waals surface area contributed by atoms with Crippen LogP contribution >= 0.6 is 11.3 Å². The van der Waals surface area contributed by atoms with E-state index in [1.807, 2.05) is 31.2 Å². The van der Waals surface area contributed by atoms with Gasteiger partial charge in [-0.2, -0.15) is 5.26 Å². The van der Waals surface area contributed by atoms with E-state index in [9.17, 15) is 15.4 Å². The molecule has 0 saturated carbocycles. The monoisotopic (exact) mass is 362 g/mol. The van der Waals surface area contributed by atoms with Gasteiger partial charge in [-0.25, -0.2) is 4.98 Å². The highest BCUT2D eigenvalue weighted by Crippen LogP contribution is 2.28. The first-order valence-electron chi connectivity index (χ1n) is 7.71. The topological polar surface area (TPSA) is 91.8 Å². The molecule has 26 heavy (non-hydrogen) atoms. The van der Waals surface area contributed by atoms with Crippen molar-refractivity contribution in [2.45, 2.75) is 6.92 Å².